The van der Waals surface area contributed by atoms with Gasteiger partial charge in [-0.3, -0.25) is 24.7 Å². The summed E-state index contributed by atoms with van der Waals surface area (Å²) in [5, 5.41) is 2.19. The molecule has 0 saturated carbocycles. The molecule has 0 atom stereocenters. The monoisotopic (exact) mass is 239 g/mol. The lowest BCUT2D eigenvalue weighted by molar-refractivity contribution is -0.135. The van der Waals surface area contributed by atoms with Crippen molar-refractivity contribution < 1.29 is 19.1 Å². The number of Topliss-reactive ketones (excluding diaryl/α,β-unsaturated/α-hetero) is 1. The Balaban J connectivity index is 3.13. The number of ketones is 1. The molecule has 1 rings (SSSR count). The number of carbonyl (C=O) groups excluding carboxylic acids is 3. The van der Waals surface area contributed by atoms with Crippen LogP contribution in [0.5, 0.6) is 0 Å². The van der Waals surface area contributed by atoms with Crippen molar-refractivity contribution in [1.29, 1.82) is 0 Å². The summed E-state index contributed by atoms with van der Waals surface area (Å²) in [5.74, 6) is -2.89. The van der Waals surface area contributed by atoms with Crippen LogP contribution in [0.25, 0.3) is 0 Å². The van der Waals surface area contributed by atoms with Crippen LogP contribution in [0.4, 0.5) is 5.95 Å². The van der Waals surface area contributed by atoms with Gasteiger partial charge in [0.2, 0.25) is 11.9 Å². The number of aromatic amines is 1. The second kappa shape index (κ2) is 5.01. The van der Waals surface area contributed by atoms with E-state index in [1.54, 1.807) is 0 Å². The van der Waals surface area contributed by atoms with Crippen molar-refractivity contribution in [2.45, 2.75) is 6.92 Å². The van der Waals surface area contributed by atoms with Gasteiger partial charge in [0.05, 0.1) is 7.11 Å². The quantitative estimate of drug-likeness (QED) is 0.400. The Morgan fingerprint density at radius 1 is 1.41 bits per heavy atom. The highest BCUT2D eigenvalue weighted by Gasteiger charge is 2.19. The smallest absolute Gasteiger partial charge is 0.381 e. The number of ether oxygens (including phenoxy) is 1. The van der Waals surface area contributed by atoms with Crippen LogP contribution in [0.15, 0.2) is 10.9 Å². The van der Waals surface area contributed by atoms with Gasteiger partial charge in [0.15, 0.2) is 0 Å². The summed E-state index contributed by atoms with van der Waals surface area (Å²) in [6.07, 6.45) is 0. The van der Waals surface area contributed by atoms with Crippen LogP contribution in [-0.2, 0) is 14.3 Å². The first-order valence-electron chi connectivity index (χ1n) is 4.45. The Labute approximate surface area is 95.0 Å². The third-order valence-electron chi connectivity index (χ3n) is 1.64. The predicted octanol–water partition coefficient (Wildman–Crippen LogP) is -0.916. The number of hydrogen-bond acceptors (Lipinski definition) is 6. The molecule has 90 valence electrons. The first kappa shape index (κ1) is 12.6. The molecule has 2 N–H and O–H groups in total. The van der Waals surface area contributed by atoms with Crippen molar-refractivity contribution in [2.75, 3.05) is 12.4 Å². The summed E-state index contributed by atoms with van der Waals surface area (Å²) in [6.45, 7) is 1.20. The summed E-state index contributed by atoms with van der Waals surface area (Å²) < 4.78 is 4.20. The second-order valence-corrected chi connectivity index (χ2v) is 2.98. The molecule has 0 aliphatic rings. The van der Waals surface area contributed by atoms with Crippen LogP contribution in [0.2, 0.25) is 0 Å². The van der Waals surface area contributed by atoms with Crippen LogP contribution in [0.3, 0.4) is 0 Å². The lowest BCUT2D eigenvalue weighted by Crippen LogP contribution is -2.23. The number of amides is 1. The minimum atomic E-state index is -1.14. The summed E-state index contributed by atoms with van der Waals surface area (Å²) in [5.41, 5.74) is -1.07. The zero-order valence-electron chi connectivity index (χ0n) is 9.07. The van der Waals surface area contributed by atoms with Crippen molar-refractivity contribution in [3.05, 3.63) is 22.1 Å². The molecule has 0 aromatic carbocycles. The summed E-state index contributed by atoms with van der Waals surface area (Å²) >= 11 is 0. The summed E-state index contributed by atoms with van der Waals surface area (Å²) in [7, 11) is 1.03. The predicted molar refractivity (Wildman–Crippen MR) is 55.5 cm³/mol. The molecule has 1 amide bonds. The van der Waals surface area contributed by atoms with Gasteiger partial charge in [0, 0.05) is 13.0 Å². The molecule has 8 nitrogen and oxygen atoms in total. The number of anilines is 1. The van der Waals surface area contributed by atoms with Gasteiger partial charge in [-0.05, 0) is 0 Å². The van der Waals surface area contributed by atoms with Crippen molar-refractivity contribution in [1.82, 2.24) is 9.97 Å². The Morgan fingerprint density at radius 2 is 2.06 bits per heavy atom. The SMILES string of the molecule is COC(=O)C(=O)c1cc(=O)[nH]c(NC(C)=O)n1. The first-order chi connectivity index (χ1) is 7.93. The van der Waals surface area contributed by atoms with E-state index in [1.165, 1.54) is 6.92 Å². The highest BCUT2D eigenvalue weighted by atomic mass is 16.5. The molecule has 0 spiro atoms. The number of hydrogen-bond donors (Lipinski definition) is 2. The lowest BCUT2D eigenvalue weighted by Gasteiger charge is -2.02. The molecule has 1 heterocycles. The van der Waals surface area contributed by atoms with Gasteiger partial charge < -0.3 is 4.74 Å². The molecular formula is C9H9N3O5. The summed E-state index contributed by atoms with van der Waals surface area (Å²) in [6, 6.07) is 0.838. The number of H-pyrrole nitrogens is 1. The van der Waals surface area contributed by atoms with E-state index >= 15 is 0 Å². The molecule has 0 fully saturated rings. The van der Waals surface area contributed by atoms with Gasteiger partial charge in [-0.25, -0.2) is 9.78 Å². The average molecular weight is 239 g/mol. The second-order valence-electron chi connectivity index (χ2n) is 2.98. The van der Waals surface area contributed by atoms with Crippen LogP contribution in [-0.4, -0.2) is 34.7 Å². The Morgan fingerprint density at radius 3 is 2.59 bits per heavy atom. The number of carbonyl (C=O) groups is 3. The van der Waals surface area contributed by atoms with Gasteiger partial charge in [0.25, 0.3) is 11.3 Å². The van der Waals surface area contributed by atoms with E-state index in [9.17, 15) is 19.2 Å². The highest BCUT2D eigenvalue weighted by molar-refractivity contribution is 6.40. The number of esters is 1. The van der Waals surface area contributed by atoms with Crippen molar-refractivity contribution in [2.24, 2.45) is 0 Å². The van der Waals surface area contributed by atoms with Gasteiger partial charge in [-0.2, -0.15) is 0 Å². The van der Waals surface area contributed by atoms with E-state index in [0.29, 0.717) is 0 Å². The van der Waals surface area contributed by atoms with Crippen LogP contribution < -0.4 is 10.9 Å². The van der Waals surface area contributed by atoms with Gasteiger partial charge in [-0.15, -0.1) is 0 Å². The van der Waals surface area contributed by atoms with Crippen LogP contribution in [0, 0.1) is 0 Å². The topological polar surface area (TPSA) is 118 Å². The van der Waals surface area contributed by atoms with Crippen LogP contribution in [0.1, 0.15) is 17.4 Å². The van der Waals surface area contributed by atoms with Gasteiger partial charge in [0.1, 0.15) is 5.69 Å². The van der Waals surface area contributed by atoms with Crippen molar-refractivity contribution in [3.8, 4) is 0 Å². The molecule has 1 aromatic heterocycles. The molecule has 0 unspecified atom stereocenters. The number of aromatic nitrogens is 2. The van der Waals surface area contributed by atoms with Crippen molar-refractivity contribution >= 4 is 23.6 Å². The third-order valence-corrected chi connectivity index (χ3v) is 1.64. The molecule has 17 heavy (non-hydrogen) atoms. The first-order valence-corrected chi connectivity index (χ1v) is 4.45. The maximum atomic E-state index is 11.4. The van der Waals surface area contributed by atoms with E-state index in [2.05, 4.69) is 20.0 Å². The standard InChI is InChI=1S/C9H9N3O5/c1-4(13)10-9-11-5(3-6(14)12-9)7(15)8(16)17-2/h3H,1-2H3,(H2,10,11,12,13,14). The Kier molecular flexibility index (Phi) is 3.70. The molecule has 0 bridgehead atoms. The molecule has 0 saturated heterocycles. The van der Waals surface area contributed by atoms with E-state index in [1.807, 2.05) is 0 Å². The molecular weight excluding hydrogens is 230 g/mol. The molecule has 0 radical (unpaired) electrons. The zero-order chi connectivity index (χ0) is 13.0. The Hall–Kier alpha value is -2.51. The van der Waals surface area contributed by atoms with Gasteiger partial charge >= 0.3 is 5.97 Å². The zero-order valence-corrected chi connectivity index (χ0v) is 9.07. The number of nitrogens with zero attached hydrogens (tertiary/aromatic N) is 1. The average Bonchev–Trinajstić information content (AvgIpc) is 2.25. The molecule has 8 heteroatoms. The molecule has 0 aliphatic heterocycles. The Bertz CT molecular complexity index is 534. The minimum Gasteiger partial charge on any atom is -0.463 e. The largest absolute Gasteiger partial charge is 0.463 e. The van der Waals surface area contributed by atoms with E-state index < -0.39 is 28.9 Å². The van der Waals surface area contributed by atoms with Crippen LogP contribution >= 0.6 is 0 Å². The van der Waals surface area contributed by atoms with E-state index in [0.717, 1.165) is 13.2 Å². The third kappa shape index (κ3) is 3.23. The number of nitrogens with one attached hydrogen (secondary N) is 2. The number of methoxy groups -OCH3 is 1. The number of rotatable bonds is 3. The van der Waals surface area contributed by atoms with Crippen molar-refractivity contribution in [3.63, 3.8) is 0 Å². The molecule has 0 aliphatic carbocycles. The van der Waals surface area contributed by atoms with E-state index in [-0.39, 0.29) is 5.95 Å². The fourth-order valence-electron chi connectivity index (χ4n) is 0.997. The minimum absolute atomic E-state index is 0.211. The maximum Gasteiger partial charge on any atom is 0.381 e. The fraction of sp³-hybridized carbons (Fsp3) is 0.222. The normalized spacial score (nSPS) is 9.53. The van der Waals surface area contributed by atoms with Gasteiger partial charge in [-0.1, -0.05) is 0 Å². The van der Waals surface area contributed by atoms with E-state index in [4.69, 9.17) is 0 Å². The maximum absolute atomic E-state index is 11.4. The lowest BCUT2D eigenvalue weighted by atomic mass is 10.3. The summed E-state index contributed by atoms with van der Waals surface area (Å²) in [4.78, 5) is 50.0. The molecule has 1 aromatic rings. The highest BCUT2D eigenvalue weighted by Crippen LogP contribution is 1.99. The fourth-order valence-corrected chi connectivity index (χ4v) is 0.997.